The summed E-state index contributed by atoms with van der Waals surface area (Å²) < 4.78 is 2.98. The molecule has 0 unspecified atom stereocenters. The van der Waals surface area contributed by atoms with Crippen LogP contribution in [0.4, 0.5) is 5.69 Å². The average Bonchev–Trinajstić information content (AvgIpc) is 2.15. The smallest absolute Gasteiger partial charge is 0.123 e. The second kappa shape index (κ2) is 2.90. The Bertz CT molecular complexity index is 296. The lowest BCUT2D eigenvalue weighted by Crippen LogP contribution is -2.24. The van der Waals surface area contributed by atoms with Crippen molar-refractivity contribution >= 4 is 28.3 Å². The van der Waals surface area contributed by atoms with Crippen molar-refractivity contribution in [1.82, 2.24) is 9.78 Å². The highest BCUT2D eigenvalue weighted by Crippen LogP contribution is 2.24. The van der Waals surface area contributed by atoms with Gasteiger partial charge in [0, 0.05) is 0 Å². The van der Waals surface area contributed by atoms with Crippen LogP contribution in [0.3, 0.4) is 0 Å². The molecule has 1 aromatic heterocycles. The van der Waals surface area contributed by atoms with Crippen LogP contribution >= 0.6 is 22.6 Å². The van der Waals surface area contributed by atoms with Crippen LogP contribution in [0.25, 0.3) is 0 Å². The molecule has 0 aromatic carbocycles. The molecule has 1 heterocycles. The molecule has 0 radical (unpaired) electrons. The zero-order chi connectivity index (χ0) is 9.52. The number of halogens is 1. The molecular formula is C8H14IN3. The maximum atomic E-state index is 5.81. The predicted molar refractivity (Wildman–Crippen MR) is 59.1 cm³/mol. The molecule has 1 rings (SSSR count). The number of aromatic nitrogens is 2. The Labute approximate surface area is 86.5 Å². The van der Waals surface area contributed by atoms with Crippen molar-refractivity contribution in [3.63, 3.8) is 0 Å². The van der Waals surface area contributed by atoms with Gasteiger partial charge in [0.15, 0.2) is 0 Å². The third-order valence-electron chi connectivity index (χ3n) is 1.68. The van der Waals surface area contributed by atoms with Crippen LogP contribution in [0, 0.1) is 10.6 Å². The Morgan fingerprint density at radius 3 is 2.08 bits per heavy atom. The monoisotopic (exact) mass is 279 g/mol. The first-order valence-corrected chi connectivity index (χ1v) is 4.93. The standard InChI is InChI=1S/C8H14IN3/c1-5-6(10)7(9)12(11-5)8(2,3)4/h10H2,1-4H3. The molecule has 0 saturated carbocycles. The van der Waals surface area contributed by atoms with Crippen molar-refractivity contribution in [2.75, 3.05) is 5.73 Å². The molecule has 3 nitrogen and oxygen atoms in total. The van der Waals surface area contributed by atoms with E-state index >= 15 is 0 Å². The fourth-order valence-electron chi connectivity index (χ4n) is 0.956. The topological polar surface area (TPSA) is 43.8 Å². The van der Waals surface area contributed by atoms with Crippen molar-refractivity contribution in [1.29, 1.82) is 0 Å². The van der Waals surface area contributed by atoms with Crippen LogP contribution in [-0.4, -0.2) is 9.78 Å². The van der Waals surface area contributed by atoms with Crippen LogP contribution < -0.4 is 5.73 Å². The lowest BCUT2D eigenvalue weighted by molar-refractivity contribution is 0.346. The molecule has 0 spiro atoms. The van der Waals surface area contributed by atoms with Crippen LogP contribution in [0.1, 0.15) is 26.5 Å². The SMILES string of the molecule is Cc1nn(C(C)(C)C)c(I)c1N. The Balaban J connectivity index is 3.28. The van der Waals surface area contributed by atoms with E-state index in [-0.39, 0.29) is 5.54 Å². The lowest BCUT2D eigenvalue weighted by Gasteiger charge is -2.20. The van der Waals surface area contributed by atoms with Crippen LogP contribution in [-0.2, 0) is 5.54 Å². The second-order valence-electron chi connectivity index (χ2n) is 3.87. The van der Waals surface area contributed by atoms with Gasteiger partial charge in [0.25, 0.3) is 0 Å². The van der Waals surface area contributed by atoms with E-state index in [1.807, 2.05) is 11.6 Å². The summed E-state index contributed by atoms with van der Waals surface area (Å²) in [6.45, 7) is 8.27. The minimum absolute atomic E-state index is 0.0128. The maximum Gasteiger partial charge on any atom is 0.123 e. The van der Waals surface area contributed by atoms with Crippen molar-refractivity contribution in [3.8, 4) is 0 Å². The van der Waals surface area contributed by atoms with Gasteiger partial charge in [-0.1, -0.05) is 0 Å². The number of anilines is 1. The van der Waals surface area contributed by atoms with Gasteiger partial charge in [0.2, 0.25) is 0 Å². The van der Waals surface area contributed by atoms with Crippen molar-refractivity contribution < 1.29 is 0 Å². The fraction of sp³-hybridized carbons (Fsp3) is 0.625. The molecule has 1 aromatic rings. The van der Waals surface area contributed by atoms with Gasteiger partial charge in [0.1, 0.15) is 3.70 Å². The second-order valence-corrected chi connectivity index (χ2v) is 4.89. The number of hydrogen-bond acceptors (Lipinski definition) is 2. The van der Waals surface area contributed by atoms with E-state index in [0.717, 1.165) is 15.1 Å². The van der Waals surface area contributed by atoms with Crippen LogP contribution in [0.2, 0.25) is 0 Å². The molecule has 0 amide bonds. The van der Waals surface area contributed by atoms with E-state index in [1.165, 1.54) is 0 Å². The summed E-state index contributed by atoms with van der Waals surface area (Å²) in [5, 5.41) is 4.37. The molecule has 0 aliphatic heterocycles. The molecule has 2 N–H and O–H groups in total. The van der Waals surface area contributed by atoms with E-state index < -0.39 is 0 Å². The number of nitrogens with two attached hydrogens (primary N) is 1. The molecule has 4 heteroatoms. The first kappa shape index (κ1) is 9.83. The molecule has 0 saturated heterocycles. The van der Waals surface area contributed by atoms with Gasteiger partial charge in [-0.25, -0.2) is 0 Å². The molecule has 0 bridgehead atoms. The number of rotatable bonds is 0. The highest BCUT2D eigenvalue weighted by atomic mass is 127. The number of hydrogen-bond donors (Lipinski definition) is 1. The Kier molecular flexibility index (Phi) is 2.38. The summed E-state index contributed by atoms with van der Waals surface area (Å²) in [4.78, 5) is 0. The van der Waals surface area contributed by atoms with E-state index in [9.17, 15) is 0 Å². The van der Waals surface area contributed by atoms with Crippen LogP contribution in [0.5, 0.6) is 0 Å². The molecule has 12 heavy (non-hydrogen) atoms. The number of nitrogens with zero attached hydrogens (tertiary/aromatic N) is 2. The highest BCUT2D eigenvalue weighted by Gasteiger charge is 2.20. The molecule has 0 aliphatic rings. The lowest BCUT2D eigenvalue weighted by atomic mass is 10.1. The molecular weight excluding hydrogens is 265 g/mol. The maximum absolute atomic E-state index is 5.81. The van der Waals surface area contributed by atoms with Gasteiger partial charge >= 0.3 is 0 Å². The molecule has 0 fully saturated rings. The van der Waals surface area contributed by atoms with Gasteiger partial charge in [-0.3, -0.25) is 4.68 Å². The molecule has 0 atom stereocenters. The van der Waals surface area contributed by atoms with Gasteiger partial charge in [-0.05, 0) is 50.3 Å². The third-order valence-corrected chi connectivity index (χ3v) is 2.72. The summed E-state index contributed by atoms with van der Waals surface area (Å²) >= 11 is 2.23. The number of nitrogen functional groups attached to an aromatic ring is 1. The van der Waals surface area contributed by atoms with E-state index in [4.69, 9.17) is 5.73 Å². The first-order chi connectivity index (χ1) is 5.34. The summed E-state index contributed by atoms with van der Waals surface area (Å²) in [5.74, 6) is 0. The van der Waals surface area contributed by atoms with Crippen molar-refractivity contribution in [2.24, 2.45) is 0 Å². The fourth-order valence-corrected chi connectivity index (χ4v) is 2.18. The van der Waals surface area contributed by atoms with Crippen molar-refractivity contribution in [3.05, 3.63) is 9.39 Å². The average molecular weight is 279 g/mol. The Hall–Kier alpha value is -0.260. The third kappa shape index (κ3) is 1.57. The van der Waals surface area contributed by atoms with Gasteiger partial charge in [0.05, 0.1) is 16.9 Å². The minimum Gasteiger partial charge on any atom is -0.395 e. The summed E-state index contributed by atoms with van der Waals surface area (Å²) in [7, 11) is 0. The summed E-state index contributed by atoms with van der Waals surface area (Å²) in [6, 6.07) is 0. The number of aryl methyl sites for hydroxylation is 1. The quantitative estimate of drug-likeness (QED) is 0.739. The summed E-state index contributed by atoms with van der Waals surface area (Å²) in [5.41, 5.74) is 7.53. The van der Waals surface area contributed by atoms with Gasteiger partial charge in [-0.15, -0.1) is 0 Å². The van der Waals surface area contributed by atoms with E-state index in [1.54, 1.807) is 0 Å². The highest BCUT2D eigenvalue weighted by molar-refractivity contribution is 14.1. The minimum atomic E-state index is 0.0128. The van der Waals surface area contributed by atoms with Gasteiger partial charge in [-0.2, -0.15) is 5.10 Å². The zero-order valence-electron chi connectivity index (χ0n) is 7.85. The summed E-state index contributed by atoms with van der Waals surface area (Å²) in [6.07, 6.45) is 0. The Morgan fingerprint density at radius 1 is 1.42 bits per heavy atom. The Morgan fingerprint density at radius 2 is 1.92 bits per heavy atom. The molecule has 68 valence electrons. The van der Waals surface area contributed by atoms with E-state index in [0.29, 0.717) is 0 Å². The largest absolute Gasteiger partial charge is 0.395 e. The van der Waals surface area contributed by atoms with Gasteiger partial charge < -0.3 is 5.73 Å². The zero-order valence-corrected chi connectivity index (χ0v) is 10.0. The molecule has 0 aliphatic carbocycles. The van der Waals surface area contributed by atoms with Crippen molar-refractivity contribution in [2.45, 2.75) is 33.2 Å². The van der Waals surface area contributed by atoms with Crippen LogP contribution in [0.15, 0.2) is 0 Å². The first-order valence-electron chi connectivity index (χ1n) is 3.85. The predicted octanol–water partition coefficient (Wildman–Crippen LogP) is 2.13. The normalized spacial score (nSPS) is 12.1. The van der Waals surface area contributed by atoms with E-state index in [2.05, 4.69) is 48.5 Å².